The van der Waals surface area contributed by atoms with E-state index in [1.807, 2.05) is 36.4 Å². The highest BCUT2D eigenvalue weighted by Crippen LogP contribution is 2.64. The molecule has 2 aromatic heterocycles. The SMILES string of the molecule is c1ccc(-c2nc(-c3ccccc3)nc(-c3cccc4c3-c3ccccc3C43c4ccccc4-c4c(-n5c6ccccc6c6ccccc65)cccc43)n2)cc1. The summed E-state index contributed by atoms with van der Waals surface area (Å²) in [6, 6.07) is 69.6. The van der Waals surface area contributed by atoms with E-state index in [9.17, 15) is 0 Å². The van der Waals surface area contributed by atoms with Crippen LogP contribution in [0.1, 0.15) is 22.3 Å². The Hall–Kier alpha value is -7.43. The van der Waals surface area contributed by atoms with E-state index < -0.39 is 5.41 Å². The van der Waals surface area contributed by atoms with Crippen molar-refractivity contribution in [3.05, 3.63) is 216 Å². The third-order valence-corrected chi connectivity index (χ3v) is 11.9. The Bertz CT molecular complexity index is 3090. The van der Waals surface area contributed by atoms with Gasteiger partial charge >= 0.3 is 0 Å². The van der Waals surface area contributed by atoms with Crippen molar-refractivity contribution in [3.8, 4) is 62.1 Å². The van der Waals surface area contributed by atoms with Crippen molar-refractivity contribution in [2.24, 2.45) is 0 Å². The fourth-order valence-electron chi connectivity index (χ4n) is 9.70. The number of benzene rings is 8. The largest absolute Gasteiger partial charge is 0.309 e. The molecule has 1 unspecified atom stereocenters. The quantitative estimate of drug-likeness (QED) is 0.182. The standard InChI is InChI=1S/C52H32N4/c1-3-17-33(18-4-1)49-53-50(34-19-5-2-6-20-34)55-51(54-49)39-25-15-28-42-47(39)37-23-7-11-26-40(37)52(42)41-27-12-8-24-38(41)48-43(52)29-16-32-46(48)56-44-30-13-9-21-35(44)36-22-10-14-31-45(36)56/h1-32H. The van der Waals surface area contributed by atoms with E-state index in [0.717, 1.165) is 22.3 Å². The Morgan fingerprint density at radius 1 is 0.321 bits per heavy atom. The fraction of sp³-hybridized carbons (Fsp3) is 0.0192. The summed E-state index contributed by atoms with van der Waals surface area (Å²) < 4.78 is 2.47. The molecular weight excluding hydrogens is 681 g/mol. The van der Waals surface area contributed by atoms with E-state index in [1.165, 1.54) is 66.4 Å². The van der Waals surface area contributed by atoms with Crippen LogP contribution in [0.25, 0.3) is 83.9 Å². The molecule has 1 atom stereocenters. The molecule has 0 amide bonds. The number of para-hydroxylation sites is 2. The van der Waals surface area contributed by atoms with E-state index >= 15 is 0 Å². The third kappa shape index (κ3) is 4.15. The van der Waals surface area contributed by atoms with Gasteiger partial charge < -0.3 is 4.57 Å². The molecule has 4 heteroatoms. The number of hydrogen-bond acceptors (Lipinski definition) is 3. The minimum atomic E-state index is -0.555. The Kier molecular flexibility index (Phi) is 6.52. The molecule has 2 aliphatic rings. The average Bonchev–Trinajstić information content (AvgIpc) is 3.89. The van der Waals surface area contributed by atoms with E-state index in [-0.39, 0.29) is 0 Å². The lowest BCUT2D eigenvalue weighted by Crippen LogP contribution is -2.26. The highest BCUT2D eigenvalue weighted by molar-refractivity contribution is 6.10. The van der Waals surface area contributed by atoms with Crippen LogP contribution >= 0.6 is 0 Å². The van der Waals surface area contributed by atoms with Gasteiger partial charge in [-0.15, -0.1) is 0 Å². The lowest BCUT2D eigenvalue weighted by Gasteiger charge is -2.30. The molecule has 12 rings (SSSR count). The van der Waals surface area contributed by atoms with Crippen molar-refractivity contribution >= 4 is 21.8 Å². The van der Waals surface area contributed by atoms with Crippen LogP contribution < -0.4 is 0 Å². The van der Waals surface area contributed by atoms with Crippen molar-refractivity contribution in [2.45, 2.75) is 5.41 Å². The van der Waals surface area contributed by atoms with E-state index in [2.05, 4.69) is 162 Å². The second-order valence-electron chi connectivity index (χ2n) is 14.7. The summed E-state index contributed by atoms with van der Waals surface area (Å²) >= 11 is 0. The molecule has 0 aliphatic heterocycles. The van der Waals surface area contributed by atoms with Gasteiger partial charge in [0.1, 0.15) is 0 Å². The molecule has 0 saturated carbocycles. The first-order valence-electron chi connectivity index (χ1n) is 19.1. The highest BCUT2D eigenvalue weighted by Gasteiger charge is 2.53. The maximum absolute atomic E-state index is 5.23. The van der Waals surface area contributed by atoms with Crippen molar-refractivity contribution in [1.82, 2.24) is 19.5 Å². The monoisotopic (exact) mass is 712 g/mol. The van der Waals surface area contributed by atoms with Gasteiger partial charge in [-0.05, 0) is 57.1 Å². The van der Waals surface area contributed by atoms with Crippen LogP contribution in [0.4, 0.5) is 0 Å². The molecule has 1 spiro atoms. The molecule has 0 bridgehead atoms. The predicted molar refractivity (Wildman–Crippen MR) is 227 cm³/mol. The van der Waals surface area contributed by atoms with Gasteiger partial charge in [-0.25, -0.2) is 15.0 Å². The van der Waals surface area contributed by atoms with E-state index in [0.29, 0.717) is 17.5 Å². The first-order chi connectivity index (χ1) is 27.8. The Balaban J connectivity index is 1.16. The van der Waals surface area contributed by atoms with Gasteiger partial charge in [0.05, 0.1) is 22.1 Å². The summed E-state index contributed by atoms with van der Waals surface area (Å²) in [7, 11) is 0. The van der Waals surface area contributed by atoms with Crippen LogP contribution in [0, 0.1) is 0 Å². The van der Waals surface area contributed by atoms with Crippen molar-refractivity contribution in [3.63, 3.8) is 0 Å². The summed E-state index contributed by atoms with van der Waals surface area (Å²) in [4.78, 5) is 15.5. The van der Waals surface area contributed by atoms with Crippen molar-refractivity contribution in [1.29, 1.82) is 0 Å². The molecule has 2 heterocycles. The number of fused-ring (bicyclic) bond motifs is 13. The zero-order chi connectivity index (χ0) is 36.8. The Morgan fingerprint density at radius 3 is 1.36 bits per heavy atom. The predicted octanol–water partition coefficient (Wildman–Crippen LogP) is 12.3. The molecule has 260 valence electrons. The van der Waals surface area contributed by atoms with E-state index in [1.54, 1.807) is 0 Å². The summed E-state index contributed by atoms with van der Waals surface area (Å²) in [5.41, 5.74) is 15.9. The highest BCUT2D eigenvalue weighted by atomic mass is 15.0. The van der Waals surface area contributed by atoms with Crippen LogP contribution in [-0.4, -0.2) is 19.5 Å². The van der Waals surface area contributed by atoms with Crippen LogP contribution in [0.5, 0.6) is 0 Å². The first kappa shape index (κ1) is 31.0. The molecule has 56 heavy (non-hydrogen) atoms. The van der Waals surface area contributed by atoms with Crippen LogP contribution in [0.15, 0.2) is 194 Å². The average molecular weight is 713 g/mol. The van der Waals surface area contributed by atoms with Gasteiger partial charge in [-0.1, -0.05) is 176 Å². The van der Waals surface area contributed by atoms with Crippen molar-refractivity contribution < 1.29 is 0 Å². The normalized spacial score (nSPS) is 14.9. The summed E-state index contributed by atoms with van der Waals surface area (Å²) in [5, 5.41) is 2.51. The molecular formula is C52H32N4. The minimum Gasteiger partial charge on any atom is -0.309 e. The van der Waals surface area contributed by atoms with Gasteiger partial charge in [-0.3, -0.25) is 0 Å². The van der Waals surface area contributed by atoms with Crippen LogP contribution in [0.3, 0.4) is 0 Å². The lowest BCUT2D eigenvalue weighted by atomic mass is 9.70. The zero-order valence-electron chi connectivity index (χ0n) is 30.3. The number of aromatic nitrogens is 4. The molecule has 4 nitrogen and oxygen atoms in total. The van der Waals surface area contributed by atoms with Gasteiger partial charge in [0.25, 0.3) is 0 Å². The Morgan fingerprint density at radius 2 is 0.750 bits per heavy atom. The van der Waals surface area contributed by atoms with Crippen LogP contribution in [-0.2, 0) is 5.41 Å². The summed E-state index contributed by atoms with van der Waals surface area (Å²) in [5.74, 6) is 1.97. The number of rotatable bonds is 4. The molecule has 0 radical (unpaired) electrons. The maximum Gasteiger partial charge on any atom is 0.164 e. The number of hydrogen-bond donors (Lipinski definition) is 0. The van der Waals surface area contributed by atoms with Gasteiger partial charge in [0.15, 0.2) is 17.5 Å². The molecule has 2 aliphatic carbocycles. The van der Waals surface area contributed by atoms with Gasteiger partial charge in [0, 0.05) is 33.0 Å². The zero-order valence-corrected chi connectivity index (χ0v) is 30.3. The topological polar surface area (TPSA) is 43.6 Å². The van der Waals surface area contributed by atoms with E-state index in [4.69, 9.17) is 15.0 Å². The molecule has 0 N–H and O–H groups in total. The minimum absolute atomic E-state index is 0.555. The fourth-order valence-corrected chi connectivity index (χ4v) is 9.70. The second kappa shape index (κ2) is 11.8. The van der Waals surface area contributed by atoms with Gasteiger partial charge in [-0.2, -0.15) is 0 Å². The lowest BCUT2D eigenvalue weighted by molar-refractivity contribution is 0.793. The summed E-state index contributed by atoms with van der Waals surface area (Å²) in [6.07, 6.45) is 0. The Labute approximate surface area is 324 Å². The first-order valence-corrected chi connectivity index (χ1v) is 19.1. The molecule has 0 fully saturated rings. The second-order valence-corrected chi connectivity index (χ2v) is 14.7. The van der Waals surface area contributed by atoms with Crippen LogP contribution in [0.2, 0.25) is 0 Å². The van der Waals surface area contributed by atoms with Crippen molar-refractivity contribution in [2.75, 3.05) is 0 Å². The maximum atomic E-state index is 5.23. The van der Waals surface area contributed by atoms with Gasteiger partial charge in [0.2, 0.25) is 0 Å². The molecule has 10 aromatic rings. The molecule has 0 saturated heterocycles. The third-order valence-electron chi connectivity index (χ3n) is 11.9. The smallest absolute Gasteiger partial charge is 0.164 e. The summed E-state index contributed by atoms with van der Waals surface area (Å²) in [6.45, 7) is 0. The molecule has 8 aromatic carbocycles. The number of nitrogens with zero attached hydrogens (tertiary/aromatic N) is 4.